The highest BCUT2D eigenvalue weighted by Crippen LogP contribution is 2.29. The van der Waals surface area contributed by atoms with Crippen LogP contribution >= 0.6 is 0 Å². The average molecular weight is 218 g/mol. The molecule has 80 valence electrons. The summed E-state index contributed by atoms with van der Waals surface area (Å²) in [6, 6.07) is 0.501. The number of aromatic nitrogens is 4. The molecule has 0 spiro atoms. The summed E-state index contributed by atoms with van der Waals surface area (Å²) in [6.45, 7) is 1.49. The van der Waals surface area contributed by atoms with Crippen molar-refractivity contribution in [2.75, 3.05) is 0 Å². The van der Waals surface area contributed by atoms with E-state index in [2.05, 4.69) is 15.1 Å². The van der Waals surface area contributed by atoms with E-state index in [4.69, 9.17) is 0 Å². The van der Waals surface area contributed by atoms with Gasteiger partial charge < -0.3 is 5.11 Å². The molecule has 0 radical (unpaired) electrons. The van der Waals surface area contributed by atoms with Gasteiger partial charge in [0, 0.05) is 6.07 Å². The maximum Gasteiger partial charge on any atom is 0.433 e. The first kappa shape index (κ1) is 9.69. The fourth-order valence-electron chi connectivity index (χ4n) is 1.10. The highest BCUT2D eigenvalue weighted by molar-refractivity contribution is 5.34. The van der Waals surface area contributed by atoms with Crippen molar-refractivity contribution in [2.45, 2.75) is 13.1 Å². The molecule has 0 fully saturated rings. The Hall–Kier alpha value is -1.86. The molecule has 8 heteroatoms. The van der Waals surface area contributed by atoms with Gasteiger partial charge in [0.15, 0.2) is 5.69 Å². The van der Waals surface area contributed by atoms with Crippen LogP contribution in [0.15, 0.2) is 6.07 Å². The van der Waals surface area contributed by atoms with Crippen LogP contribution in [-0.2, 0) is 6.18 Å². The maximum absolute atomic E-state index is 12.3. The first-order chi connectivity index (χ1) is 6.88. The van der Waals surface area contributed by atoms with Crippen molar-refractivity contribution in [3.8, 4) is 5.88 Å². The number of hydrogen-bond donors (Lipinski definition) is 1. The largest absolute Gasteiger partial charge is 0.493 e. The van der Waals surface area contributed by atoms with E-state index in [1.807, 2.05) is 0 Å². The van der Waals surface area contributed by atoms with Crippen LogP contribution in [0, 0.1) is 6.92 Å². The summed E-state index contributed by atoms with van der Waals surface area (Å²) in [5.74, 6) is -0.690. The molecule has 0 aromatic carbocycles. The highest BCUT2D eigenvalue weighted by Gasteiger charge is 2.34. The van der Waals surface area contributed by atoms with E-state index in [1.165, 1.54) is 6.92 Å². The van der Waals surface area contributed by atoms with Gasteiger partial charge in [0.1, 0.15) is 5.82 Å². The molecular formula is C7H5F3N4O. The van der Waals surface area contributed by atoms with Gasteiger partial charge >= 0.3 is 6.18 Å². The van der Waals surface area contributed by atoms with Gasteiger partial charge in [-0.25, -0.2) is 4.98 Å². The fraction of sp³-hybridized carbons (Fsp3) is 0.286. The Bertz CT molecular complexity index is 519. The summed E-state index contributed by atoms with van der Waals surface area (Å²) in [7, 11) is 0. The van der Waals surface area contributed by atoms with Crippen LogP contribution in [0.3, 0.4) is 0 Å². The molecule has 0 saturated carbocycles. The smallest absolute Gasteiger partial charge is 0.433 e. The predicted octanol–water partition coefficient (Wildman–Crippen LogP) is 1.16. The molecule has 2 aromatic rings. The van der Waals surface area contributed by atoms with Crippen molar-refractivity contribution in [3.63, 3.8) is 0 Å². The molecule has 0 bridgehead atoms. The standard InChI is InChI=1S/C7H5F3N4O/c1-3-11-6-12-4(7(8,9)10)2-5(15)14(6)13-3/h2,15H,1H3. The zero-order chi connectivity index (χ0) is 11.2. The molecular weight excluding hydrogens is 213 g/mol. The van der Waals surface area contributed by atoms with E-state index in [-0.39, 0.29) is 11.6 Å². The van der Waals surface area contributed by atoms with Crippen molar-refractivity contribution in [2.24, 2.45) is 0 Å². The van der Waals surface area contributed by atoms with Crippen molar-refractivity contribution in [1.82, 2.24) is 19.6 Å². The second kappa shape index (κ2) is 2.81. The fourth-order valence-corrected chi connectivity index (χ4v) is 1.10. The number of halogens is 3. The molecule has 0 aliphatic rings. The molecule has 2 aromatic heterocycles. The molecule has 5 nitrogen and oxygen atoms in total. The summed E-state index contributed by atoms with van der Waals surface area (Å²) in [4.78, 5) is 6.86. The summed E-state index contributed by atoms with van der Waals surface area (Å²) >= 11 is 0. The molecule has 1 N–H and O–H groups in total. The zero-order valence-electron chi connectivity index (χ0n) is 7.45. The summed E-state index contributed by atoms with van der Waals surface area (Å²) in [5.41, 5.74) is -1.19. The third-order valence-corrected chi connectivity index (χ3v) is 1.69. The van der Waals surface area contributed by atoms with Gasteiger partial charge in [-0.15, -0.1) is 5.10 Å². The third kappa shape index (κ3) is 1.58. The average Bonchev–Trinajstić information content (AvgIpc) is 2.44. The lowest BCUT2D eigenvalue weighted by Gasteiger charge is -2.05. The highest BCUT2D eigenvalue weighted by atomic mass is 19.4. The second-order valence-electron chi connectivity index (χ2n) is 2.87. The van der Waals surface area contributed by atoms with Crippen LogP contribution < -0.4 is 0 Å². The van der Waals surface area contributed by atoms with Crippen LogP contribution in [0.4, 0.5) is 13.2 Å². The van der Waals surface area contributed by atoms with Gasteiger partial charge in [0.25, 0.3) is 5.78 Å². The second-order valence-corrected chi connectivity index (χ2v) is 2.87. The predicted molar refractivity (Wildman–Crippen MR) is 42.2 cm³/mol. The van der Waals surface area contributed by atoms with Gasteiger partial charge in [0.05, 0.1) is 0 Å². The van der Waals surface area contributed by atoms with Crippen molar-refractivity contribution in [1.29, 1.82) is 0 Å². The lowest BCUT2D eigenvalue weighted by Crippen LogP contribution is -2.09. The number of aromatic hydroxyl groups is 1. The Kier molecular flexibility index (Phi) is 1.82. The van der Waals surface area contributed by atoms with Crippen molar-refractivity contribution < 1.29 is 18.3 Å². The molecule has 2 heterocycles. The van der Waals surface area contributed by atoms with Crippen LogP contribution in [0.25, 0.3) is 5.78 Å². The number of nitrogens with zero attached hydrogens (tertiary/aromatic N) is 4. The quantitative estimate of drug-likeness (QED) is 0.720. The molecule has 0 saturated heterocycles. The normalized spacial score (nSPS) is 12.3. The van der Waals surface area contributed by atoms with E-state index < -0.39 is 17.8 Å². The van der Waals surface area contributed by atoms with Crippen LogP contribution in [0.2, 0.25) is 0 Å². The van der Waals surface area contributed by atoms with Gasteiger partial charge in [0.2, 0.25) is 5.88 Å². The molecule has 0 atom stereocenters. The molecule has 0 aliphatic heterocycles. The van der Waals surface area contributed by atoms with E-state index in [9.17, 15) is 18.3 Å². The monoisotopic (exact) mass is 218 g/mol. The SMILES string of the molecule is Cc1nc2nc(C(F)(F)F)cc(O)n2n1. The third-order valence-electron chi connectivity index (χ3n) is 1.69. The Morgan fingerprint density at radius 2 is 2.00 bits per heavy atom. The van der Waals surface area contributed by atoms with Crippen molar-refractivity contribution in [3.05, 3.63) is 17.6 Å². The Labute approximate surface area is 81.2 Å². The van der Waals surface area contributed by atoms with E-state index in [0.717, 1.165) is 4.52 Å². The van der Waals surface area contributed by atoms with E-state index >= 15 is 0 Å². The zero-order valence-corrected chi connectivity index (χ0v) is 7.45. The molecule has 2 rings (SSSR count). The Balaban J connectivity index is 2.72. The Morgan fingerprint density at radius 1 is 1.33 bits per heavy atom. The summed E-state index contributed by atoms with van der Waals surface area (Å²) in [6.07, 6.45) is -4.61. The molecule has 0 aliphatic carbocycles. The minimum absolute atomic E-state index is 0.233. The van der Waals surface area contributed by atoms with E-state index in [0.29, 0.717) is 6.07 Å². The first-order valence-corrected chi connectivity index (χ1v) is 3.88. The first-order valence-electron chi connectivity index (χ1n) is 3.88. The van der Waals surface area contributed by atoms with Crippen LogP contribution in [-0.4, -0.2) is 24.7 Å². The summed E-state index contributed by atoms with van der Waals surface area (Å²) in [5, 5.41) is 12.9. The Morgan fingerprint density at radius 3 is 2.60 bits per heavy atom. The van der Waals surface area contributed by atoms with Crippen molar-refractivity contribution >= 4 is 5.78 Å². The molecule has 15 heavy (non-hydrogen) atoms. The number of alkyl halides is 3. The topological polar surface area (TPSA) is 63.3 Å². The van der Waals surface area contributed by atoms with Crippen LogP contribution in [0.1, 0.15) is 11.5 Å². The van der Waals surface area contributed by atoms with Gasteiger partial charge in [-0.2, -0.15) is 22.7 Å². The van der Waals surface area contributed by atoms with Crippen LogP contribution in [0.5, 0.6) is 5.88 Å². The van der Waals surface area contributed by atoms with Gasteiger partial charge in [-0.3, -0.25) is 0 Å². The summed E-state index contributed by atoms with van der Waals surface area (Å²) < 4.78 is 37.7. The number of rotatable bonds is 0. The lowest BCUT2D eigenvalue weighted by molar-refractivity contribution is -0.141. The maximum atomic E-state index is 12.3. The molecule has 0 unspecified atom stereocenters. The number of hydrogen-bond acceptors (Lipinski definition) is 4. The number of aryl methyl sites for hydroxylation is 1. The van der Waals surface area contributed by atoms with Gasteiger partial charge in [-0.05, 0) is 6.92 Å². The minimum atomic E-state index is -4.61. The number of fused-ring (bicyclic) bond motifs is 1. The van der Waals surface area contributed by atoms with Gasteiger partial charge in [-0.1, -0.05) is 0 Å². The molecule has 0 amide bonds. The minimum Gasteiger partial charge on any atom is -0.493 e. The lowest BCUT2D eigenvalue weighted by atomic mass is 10.4. The van der Waals surface area contributed by atoms with E-state index in [1.54, 1.807) is 0 Å².